The average molecular weight is 383 g/mol. The van der Waals surface area contributed by atoms with E-state index in [4.69, 9.17) is 9.47 Å². The number of carbonyl (C=O) groups is 2. The highest BCUT2D eigenvalue weighted by atomic mass is 16.5. The van der Waals surface area contributed by atoms with Gasteiger partial charge in [-0.1, -0.05) is 76.0 Å². The van der Waals surface area contributed by atoms with Gasteiger partial charge in [0.2, 0.25) is 0 Å². The van der Waals surface area contributed by atoms with Gasteiger partial charge >= 0.3 is 11.9 Å². The molecule has 0 aliphatic heterocycles. The zero-order valence-electron chi connectivity index (χ0n) is 16.8. The lowest BCUT2D eigenvalue weighted by Crippen LogP contribution is -2.10. The molecule has 0 atom stereocenters. The number of carbonyl (C=O) groups excluding carboxylic acids is 2. The van der Waals surface area contributed by atoms with E-state index in [1.807, 2.05) is 24.3 Å². The summed E-state index contributed by atoms with van der Waals surface area (Å²) in [5.74, 6) is -1.21. The lowest BCUT2D eigenvalue weighted by Gasteiger charge is -2.05. The van der Waals surface area contributed by atoms with Gasteiger partial charge in [0.15, 0.2) is 0 Å². The smallest absolute Gasteiger partial charge is 0.343 e. The van der Waals surface area contributed by atoms with E-state index in [1.54, 1.807) is 24.3 Å². The molecule has 1 rings (SSSR count). The number of unbranched alkanes of at least 4 members (excludes halogenated alkanes) is 4. The predicted molar refractivity (Wildman–Crippen MR) is 113 cm³/mol. The second-order valence-electron chi connectivity index (χ2n) is 6.15. The minimum absolute atomic E-state index is 0.166. The van der Waals surface area contributed by atoms with Crippen molar-refractivity contribution in [2.75, 3.05) is 0 Å². The van der Waals surface area contributed by atoms with E-state index in [0.717, 1.165) is 38.5 Å². The van der Waals surface area contributed by atoms with Gasteiger partial charge < -0.3 is 9.47 Å². The van der Waals surface area contributed by atoms with Crippen molar-refractivity contribution in [3.05, 3.63) is 84.4 Å². The molecule has 0 N–H and O–H groups in total. The summed E-state index contributed by atoms with van der Waals surface area (Å²) in [7, 11) is 0. The van der Waals surface area contributed by atoms with Crippen molar-refractivity contribution in [3.63, 3.8) is 0 Å². The van der Waals surface area contributed by atoms with Crippen LogP contribution in [0.5, 0.6) is 0 Å². The standard InChI is InChI=1S/C24H30O4/c1-3-5-7-9-11-15-19-27-23(25)21-17-13-14-18-22(21)24(26)28-20-16-12-10-8-6-4-2/h9-20H,3-8H2,1-2H3. The second-order valence-corrected chi connectivity index (χ2v) is 6.15. The fourth-order valence-electron chi connectivity index (χ4n) is 2.25. The second kappa shape index (κ2) is 15.2. The molecule has 1 aromatic rings. The van der Waals surface area contributed by atoms with E-state index in [9.17, 15) is 9.59 Å². The van der Waals surface area contributed by atoms with Crippen molar-refractivity contribution in [2.24, 2.45) is 0 Å². The summed E-state index contributed by atoms with van der Waals surface area (Å²) in [5, 5.41) is 0. The van der Waals surface area contributed by atoms with Gasteiger partial charge in [0, 0.05) is 0 Å². The number of hydrogen-bond donors (Lipinski definition) is 0. The van der Waals surface area contributed by atoms with Crippen LogP contribution in [0.2, 0.25) is 0 Å². The normalized spacial score (nSPS) is 11.8. The number of rotatable bonds is 12. The summed E-state index contributed by atoms with van der Waals surface area (Å²) >= 11 is 0. The van der Waals surface area contributed by atoms with E-state index in [0.29, 0.717) is 0 Å². The molecule has 0 spiro atoms. The van der Waals surface area contributed by atoms with Crippen LogP contribution in [0.4, 0.5) is 0 Å². The molecule has 0 aromatic heterocycles. The Morgan fingerprint density at radius 3 is 1.57 bits per heavy atom. The van der Waals surface area contributed by atoms with E-state index in [1.165, 1.54) is 24.7 Å². The first-order valence-electron chi connectivity index (χ1n) is 9.85. The highest BCUT2D eigenvalue weighted by Gasteiger charge is 2.17. The minimum atomic E-state index is -0.603. The van der Waals surface area contributed by atoms with Gasteiger partial charge in [0.1, 0.15) is 0 Å². The van der Waals surface area contributed by atoms with Crippen molar-refractivity contribution in [1.82, 2.24) is 0 Å². The van der Waals surface area contributed by atoms with Crippen LogP contribution in [0.25, 0.3) is 0 Å². The predicted octanol–water partition coefficient (Wildman–Crippen LogP) is 6.52. The topological polar surface area (TPSA) is 52.6 Å². The summed E-state index contributed by atoms with van der Waals surface area (Å²) in [6.07, 6.45) is 20.2. The molecule has 0 saturated heterocycles. The highest BCUT2D eigenvalue weighted by Crippen LogP contribution is 2.12. The van der Waals surface area contributed by atoms with Crippen LogP contribution in [0.3, 0.4) is 0 Å². The Morgan fingerprint density at radius 1 is 0.750 bits per heavy atom. The van der Waals surface area contributed by atoms with Crippen LogP contribution >= 0.6 is 0 Å². The number of hydrogen-bond acceptors (Lipinski definition) is 4. The Labute approximate surface area is 168 Å². The third-order valence-electron chi connectivity index (χ3n) is 3.82. The molecule has 0 unspecified atom stereocenters. The number of benzene rings is 1. The maximum Gasteiger partial charge on any atom is 0.343 e. The number of allylic oxidation sites excluding steroid dienone is 6. The lowest BCUT2D eigenvalue weighted by atomic mass is 10.1. The van der Waals surface area contributed by atoms with Crippen LogP contribution in [0.1, 0.15) is 73.1 Å². The van der Waals surface area contributed by atoms with Gasteiger partial charge in [0.25, 0.3) is 0 Å². The van der Waals surface area contributed by atoms with Crippen LogP contribution < -0.4 is 0 Å². The Morgan fingerprint density at radius 2 is 1.18 bits per heavy atom. The lowest BCUT2D eigenvalue weighted by molar-refractivity contribution is 0.0618. The van der Waals surface area contributed by atoms with Crippen molar-refractivity contribution in [2.45, 2.75) is 52.4 Å². The van der Waals surface area contributed by atoms with Crippen LogP contribution in [-0.4, -0.2) is 11.9 Å². The van der Waals surface area contributed by atoms with Gasteiger partial charge in [-0.3, -0.25) is 0 Å². The highest BCUT2D eigenvalue weighted by molar-refractivity contribution is 6.03. The molecule has 4 heteroatoms. The van der Waals surface area contributed by atoms with Crippen molar-refractivity contribution >= 4 is 11.9 Å². The Bertz CT molecular complexity index is 650. The quantitative estimate of drug-likeness (QED) is 0.179. The first-order valence-corrected chi connectivity index (χ1v) is 9.85. The van der Waals surface area contributed by atoms with Crippen molar-refractivity contribution in [1.29, 1.82) is 0 Å². The third kappa shape index (κ3) is 9.72. The van der Waals surface area contributed by atoms with Gasteiger partial charge in [-0.05, 0) is 37.1 Å². The fraction of sp³-hybridized carbons (Fsp3) is 0.333. The van der Waals surface area contributed by atoms with Crippen molar-refractivity contribution < 1.29 is 19.1 Å². The maximum absolute atomic E-state index is 12.2. The molecular formula is C24H30O4. The zero-order valence-corrected chi connectivity index (χ0v) is 16.8. The maximum atomic E-state index is 12.2. The van der Waals surface area contributed by atoms with Gasteiger partial charge in [-0.15, -0.1) is 0 Å². The third-order valence-corrected chi connectivity index (χ3v) is 3.82. The molecule has 0 aliphatic rings. The summed E-state index contributed by atoms with van der Waals surface area (Å²) in [6.45, 7) is 4.27. The summed E-state index contributed by atoms with van der Waals surface area (Å²) in [5.41, 5.74) is 0.331. The van der Waals surface area contributed by atoms with E-state index >= 15 is 0 Å². The Hall–Kier alpha value is -2.88. The van der Waals surface area contributed by atoms with Gasteiger partial charge in [-0.2, -0.15) is 0 Å². The molecule has 1 aromatic carbocycles. The molecule has 0 radical (unpaired) electrons. The molecule has 4 nitrogen and oxygen atoms in total. The Kier molecular flexibility index (Phi) is 12.6. The van der Waals surface area contributed by atoms with Gasteiger partial charge in [0.05, 0.1) is 23.7 Å². The molecular weight excluding hydrogens is 352 g/mol. The van der Waals surface area contributed by atoms with Crippen LogP contribution in [0, 0.1) is 0 Å². The first kappa shape index (κ1) is 23.2. The number of ether oxygens (including phenoxy) is 2. The largest absolute Gasteiger partial charge is 0.431 e. The van der Waals surface area contributed by atoms with E-state index in [-0.39, 0.29) is 11.1 Å². The molecule has 0 heterocycles. The first-order chi connectivity index (χ1) is 13.7. The fourth-order valence-corrected chi connectivity index (χ4v) is 2.25. The Balaban J connectivity index is 2.60. The molecule has 0 amide bonds. The SMILES string of the molecule is CCCCC=CC=COC(=O)c1ccccc1C(=O)OC=CC=CCCCC. The molecule has 0 bridgehead atoms. The minimum Gasteiger partial charge on any atom is -0.431 e. The molecule has 28 heavy (non-hydrogen) atoms. The monoisotopic (exact) mass is 382 g/mol. The van der Waals surface area contributed by atoms with E-state index < -0.39 is 11.9 Å². The summed E-state index contributed by atoms with van der Waals surface area (Å²) in [4.78, 5) is 24.5. The zero-order chi connectivity index (χ0) is 20.5. The van der Waals surface area contributed by atoms with Crippen LogP contribution in [-0.2, 0) is 9.47 Å². The van der Waals surface area contributed by atoms with Gasteiger partial charge in [-0.25, -0.2) is 9.59 Å². The van der Waals surface area contributed by atoms with Crippen LogP contribution in [0.15, 0.2) is 73.2 Å². The summed E-state index contributed by atoms with van der Waals surface area (Å²) in [6, 6.07) is 6.43. The average Bonchev–Trinajstić information content (AvgIpc) is 2.72. The molecule has 0 aliphatic carbocycles. The van der Waals surface area contributed by atoms with E-state index in [2.05, 4.69) is 13.8 Å². The number of esters is 2. The van der Waals surface area contributed by atoms with Crippen molar-refractivity contribution in [3.8, 4) is 0 Å². The molecule has 0 saturated carbocycles. The molecule has 0 fully saturated rings. The summed E-state index contributed by atoms with van der Waals surface area (Å²) < 4.78 is 10.2. The molecule has 150 valence electrons.